The van der Waals surface area contributed by atoms with Crippen molar-refractivity contribution in [1.29, 1.82) is 0 Å². The van der Waals surface area contributed by atoms with E-state index in [1.54, 1.807) is 58.9 Å². The second kappa shape index (κ2) is 18.6. The Kier molecular flexibility index (Phi) is 15.5. The minimum Gasteiger partial charge on any atom is -0.460 e. The molecule has 5 amide bonds. The molecular weight excluding hydrogens is 674 g/mol. The van der Waals surface area contributed by atoms with Crippen molar-refractivity contribution in [1.82, 2.24) is 20.9 Å². The summed E-state index contributed by atoms with van der Waals surface area (Å²) < 4.78 is 38.0. The third-order valence-electron chi connectivity index (χ3n) is 7.55. The predicted molar refractivity (Wildman–Crippen MR) is 182 cm³/mol. The van der Waals surface area contributed by atoms with E-state index >= 15 is 0 Å². The van der Waals surface area contributed by atoms with Crippen LogP contribution in [-0.4, -0.2) is 95.1 Å². The highest BCUT2D eigenvalue weighted by Crippen LogP contribution is 2.18. The van der Waals surface area contributed by atoms with E-state index in [4.69, 9.17) is 4.74 Å². The van der Waals surface area contributed by atoms with Crippen LogP contribution in [0.4, 0.5) is 5.69 Å². The second-order valence-corrected chi connectivity index (χ2v) is 15.0. The van der Waals surface area contributed by atoms with E-state index in [0.29, 0.717) is 30.5 Å². The molecule has 1 aliphatic rings. The van der Waals surface area contributed by atoms with Gasteiger partial charge in [-0.3, -0.25) is 33.3 Å². The van der Waals surface area contributed by atoms with Gasteiger partial charge in [0.05, 0.1) is 5.41 Å². The monoisotopic (exact) mass is 723 g/mol. The van der Waals surface area contributed by atoms with Gasteiger partial charge in [0.1, 0.15) is 36.7 Å². The molecule has 1 unspecified atom stereocenters. The molecule has 0 radical (unpaired) electrons. The number of aliphatic hydroxyl groups is 1. The number of nitrogens with one attached hydrogen (secondary N) is 4. The molecule has 0 bridgehead atoms. The quantitative estimate of drug-likeness (QED) is 0.0710. The molecule has 0 saturated carbocycles. The smallest absolute Gasteiger partial charge is 0.311 e. The molecule has 6 N–H and O–H groups in total. The average Bonchev–Trinajstić information content (AvgIpc) is 3.33. The molecule has 0 aliphatic carbocycles. The topological polar surface area (TPSA) is 238 Å². The molecule has 4 atom stereocenters. The lowest BCUT2D eigenvalue weighted by atomic mass is 9.97. The summed E-state index contributed by atoms with van der Waals surface area (Å²) in [5.41, 5.74) is 0.470. The Morgan fingerprint density at radius 1 is 0.920 bits per heavy atom. The molecule has 50 heavy (non-hydrogen) atoms. The number of aliphatic hydroxyl groups excluding tert-OH is 1. The summed E-state index contributed by atoms with van der Waals surface area (Å²) in [4.78, 5) is 76.6. The molecule has 0 saturated heterocycles. The van der Waals surface area contributed by atoms with Crippen molar-refractivity contribution >= 4 is 51.3 Å². The minimum absolute atomic E-state index is 0.0571. The van der Waals surface area contributed by atoms with Gasteiger partial charge in [0.15, 0.2) is 0 Å². The van der Waals surface area contributed by atoms with Gasteiger partial charge in [0.2, 0.25) is 29.5 Å². The first-order valence-electron chi connectivity index (χ1n) is 16.3. The van der Waals surface area contributed by atoms with E-state index in [1.807, 2.05) is 0 Å². The number of nitrogens with zero attached hydrogens (tertiary/aromatic N) is 1. The zero-order chi connectivity index (χ0) is 37.8. The maximum atomic E-state index is 13.2. The Labute approximate surface area is 292 Å². The van der Waals surface area contributed by atoms with E-state index in [9.17, 15) is 46.8 Å². The lowest BCUT2D eigenvalue weighted by Gasteiger charge is -2.26. The maximum absolute atomic E-state index is 13.2. The van der Waals surface area contributed by atoms with Crippen molar-refractivity contribution in [2.75, 3.05) is 17.6 Å². The number of amides is 5. The summed E-state index contributed by atoms with van der Waals surface area (Å²) in [5, 5.41) is 19.6. The van der Waals surface area contributed by atoms with Gasteiger partial charge in [-0.15, -0.1) is 0 Å². The number of esters is 1. The predicted octanol–water partition coefficient (Wildman–Crippen LogP) is 1.01. The molecule has 278 valence electrons. The Hall–Kier alpha value is -4.35. The third-order valence-corrected chi connectivity index (χ3v) is 8.30. The van der Waals surface area contributed by atoms with Gasteiger partial charge in [-0.1, -0.05) is 32.4 Å². The van der Waals surface area contributed by atoms with Gasteiger partial charge >= 0.3 is 5.97 Å². The van der Waals surface area contributed by atoms with Crippen molar-refractivity contribution < 1.29 is 51.6 Å². The lowest BCUT2D eigenvalue weighted by Crippen LogP contribution is -2.58. The Balaban J connectivity index is 1.92. The van der Waals surface area contributed by atoms with Crippen LogP contribution >= 0.6 is 0 Å². The summed E-state index contributed by atoms with van der Waals surface area (Å²) in [6, 6.07) is 2.51. The zero-order valence-electron chi connectivity index (χ0n) is 29.2. The second-order valence-electron chi connectivity index (χ2n) is 13.5. The fourth-order valence-electron chi connectivity index (χ4n) is 4.60. The number of ether oxygens (including phenoxy) is 1. The molecular formula is C33H49N5O11S. The number of hydrogen-bond donors (Lipinski definition) is 6. The molecule has 0 spiro atoms. The van der Waals surface area contributed by atoms with Crippen molar-refractivity contribution in [2.24, 2.45) is 11.3 Å². The molecule has 1 aliphatic heterocycles. The van der Waals surface area contributed by atoms with Gasteiger partial charge in [-0.2, -0.15) is 8.42 Å². The normalized spacial score (nSPS) is 16.4. The highest BCUT2D eigenvalue weighted by atomic mass is 32.2. The maximum Gasteiger partial charge on any atom is 0.311 e. The van der Waals surface area contributed by atoms with Crippen LogP contribution in [0.25, 0.3) is 0 Å². The molecule has 1 aromatic carbocycles. The molecule has 0 fully saturated rings. The number of carbonyl (C=O) groups excluding carboxylic acids is 6. The fourth-order valence-corrected chi connectivity index (χ4v) is 5.26. The minimum atomic E-state index is -4.73. The highest BCUT2D eigenvalue weighted by molar-refractivity contribution is 7.85. The van der Waals surface area contributed by atoms with Crippen LogP contribution in [0.1, 0.15) is 72.8 Å². The molecule has 2 rings (SSSR count). The number of hydrogen-bond acceptors (Lipinski definition) is 10. The first-order chi connectivity index (χ1) is 23.2. The fraction of sp³-hybridized carbons (Fsp3) is 0.576. The highest BCUT2D eigenvalue weighted by Gasteiger charge is 2.32. The number of carbonyl (C=O) groups is 6. The standard InChI is InChI=1S/C33H49N5O11S/c1-20(2)28(31(44)34-21(3)29(42)35-23-13-11-22(12-14-23)18-49-32(45)33(4,5)6)37-30(43)24(19-50(46,47)48)36-25(39)10-8-7-9-17-38-26(40)15-16-27(38)41/h11-16,20-21,24,26,28,40H,7-10,17-19H2,1-6H3,(H,34,44)(H,35,42)(H,36,39)(H,37,43)(H,46,47,48)/t21-,24-,26?,28-/m1/s1. The van der Waals surface area contributed by atoms with Gasteiger partial charge in [-0.05, 0) is 70.2 Å². The first-order valence-corrected chi connectivity index (χ1v) is 17.9. The van der Waals surface area contributed by atoms with Crippen LogP contribution in [0.2, 0.25) is 0 Å². The van der Waals surface area contributed by atoms with Crippen molar-refractivity contribution in [3.05, 3.63) is 42.0 Å². The van der Waals surface area contributed by atoms with Crippen molar-refractivity contribution in [2.45, 2.75) is 98.2 Å². The molecule has 16 nitrogen and oxygen atoms in total. The number of rotatable bonds is 18. The summed E-state index contributed by atoms with van der Waals surface area (Å²) in [7, 11) is -4.73. The summed E-state index contributed by atoms with van der Waals surface area (Å²) >= 11 is 0. The summed E-state index contributed by atoms with van der Waals surface area (Å²) in [5.74, 6) is -5.39. The Bertz CT molecular complexity index is 1520. The van der Waals surface area contributed by atoms with Gasteiger partial charge < -0.3 is 36.0 Å². The van der Waals surface area contributed by atoms with Crippen LogP contribution in [-0.2, 0) is 50.2 Å². The Morgan fingerprint density at radius 2 is 1.56 bits per heavy atom. The van der Waals surface area contributed by atoms with E-state index in [2.05, 4.69) is 21.3 Å². The summed E-state index contributed by atoms with van der Waals surface area (Å²) in [6.45, 7) is 10.2. The van der Waals surface area contributed by atoms with E-state index < -0.39 is 75.2 Å². The van der Waals surface area contributed by atoms with Gasteiger partial charge in [-0.25, -0.2) is 0 Å². The summed E-state index contributed by atoms with van der Waals surface area (Å²) in [6.07, 6.45) is 2.83. The average molecular weight is 724 g/mol. The lowest BCUT2D eigenvalue weighted by molar-refractivity contribution is -0.154. The molecule has 1 aromatic rings. The number of benzene rings is 1. The van der Waals surface area contributed by atoms with Gasteiger partial charge in [0.25, 0.3) is 10.1 Å². The van der Waals surface area contributed by atoms with Crippen molar-refractivity contribution in [3.8, 4) is 0 Å². The van der Waals surface area contributed by atoms with Crippen LogP contribution in [0, 0.1) is 11.3 Å². The molecule has 1 heterocycles. The SMILES string of the molecule is CC(C)[C@@H](NC(=O)[C@@H](CS(=O)(=O)O)NC(=O)CCCCCN1C(=O)C=CC1O)C(=O)N[C@H](C)C(=O)Nc1ccc(COC(=O)C(C)(C)C)cc1. The van der Waals surface area contributed by atoms with Crippen molar-refractivity contribution in [3.63, 3.8) is 0 Å². The van der Waals surface area contributed by atoms with E-state index in [0.717, 1.165) is 0 Å². The molecule has 0 aromatic heterocycles. The van der Waals surface area contributed by atoms with Crippen LogP contribution in [0.15, 0.2) is 36.4 Å². The zero-order valence-corrected chi connectivity index (χ0v) is 30.0. The number of unbranched alkanes of at least 4 members (excludes halogenated alkanes) is 2. The molecule has 17 heteroatoms. The third kappa shape index (κ3) is 14.2. The largest absolute Gasteiger partial charge is 0.460 e. The Morgan fingerprint density at radius 3 is 2.10 bits per heavy atom. The number of anilines is 1. The van der Waals surface area contributed by atoms with E-state index in [-0.39, 0.29) is 31.4 Å². The van der Waals surface area contributed by atoms with E-state index in [1.165, 1.54) is 24.0 Å². The first kappa shape index (κ1) is 41.8. The van der Waals surface area contributed by atoms with Gasteiger partial charge in [0, 0.05) is 24.7 Å². The van der Waals surface area contributed by atoms with Crippen LogP contribution in [0.3, 0.4) is 0 Å². The van der Waals surface area contributed by atoms with Crippen LogP contribution < -0.4 is 21.3 Å². The van der Waals surface area contributed by atoms with Crippen LogP contribution in [0.5, 0.6) is 0 Å².